The molecule has 2 N–H and O–H groups in total. The summed E-state index contributed by atoms with van der Waals surface area (Å²) in [5, 5.41) is 14.3. The smallest absolute Gasteiger partial charge is 0.340 e. The van der Waals surface area contributed by atoms with Gasteiger partial charge in [-0.3, -0.25) is 4.79 Å². The molecular weight excluding hydrogens is 380 g/mol. The highest BCUT2D eigenvalue weighted by atomic mass is 35.5. The minimum absolute atomic E-state index is 0.111. The van der Waals surface area contributed by atoms with E-state index in [1.165, 1.54) is 6.07 Å². The number of amides is 1. The predicted octanol–water partition coefficient (Wildman–Crippen LogP) is 4.30. The molecule has 142 valence electrons. The number of benzene rings is 2. The molecule has 0 aliphatic carbocycles. The van der Waals surface area contributed by atoms with Crippen LogP contribution < -0.4 is 10.6 Å². The van der Waals surface area contributed by atoms with Crippen molar-refractivity contribution in [2.45, 2.75) is 6.92 Å². The van der Waals surface area contributed by atoms with Crippen LogP contribution in [0.5, 0.6) is 0 Å². The van der Waals surface area contributed by atoms with Gasteiger partial charge in [-0.1, -0.05) is 23.7 Å². The lowest BCUT2D eigenvalue weighted by molar-refractivity contribution is 0.0527. The molecule has 1 aromatic heterocycles. The van der Waals surface area contributed by atoms with Crippen LogP contribution >= 0.6 is 11.6 Å². The van der Waals surface area contributed by atoms with Crippen LogP contribution in [-0.4, -0.2) is 28.7 Å². The van der Waals surface area contributed by atoms with Crippen LogP contribution in [0.25, 0.3) is 0 Å². The van der Waals surface area contributed by atoms with E-state index < -0.39 is 11.9 Å². The Kier molecular flexibility index (Phi) is 6.18. The number of aromatic nitrogens is 2. The number of para-hydroxylation sites is 1. The second kappa shape index (κ2) is 8.96. The van der Waals surface area contributed by atoms with E-state index in [-0.39, 0.29) is 17.9 Å². The fourth-order valence-corrected chi connectivity index (χ4v) is 2.49. The van der Waals surface area contributed by atoms with Gasteiger partial charge in [0.25, 0.3) is 5.91 Å². The number of ether oxygens (including phenoxy) is 1. The van der Waals surface area contributed by atoms with E-state index in [4.69, 9.17) is 16.3 Å². The van der Waals surface area contributed by atoms with Gasteiger partial charge in [-0.05, 0) is 55.5 Å². The molecular formula is C20H17ClN4O3. The van der Waals surface area contributed by atoms with Crippen LogP contribution in [0, 0.1) is 0 Å². The molecule has 0 radical (unpaired) electrons. The maximum absolute atomic E-state index is 12.5. The molecule has 0 saturated heterocycles. The minimum Gasteiger partial charge on any atom is -0.462 e. The van der Waals surface area contributed by atoms with Gasteiger partial charge in [0.1, 0.15) is 0 Å². The minimum atomic E-state index is -0.507. The second-order valence-corrected chi connectivity index (χ2v) is 6.09. The zero-order valence-corrected chi connectivity index (χ0v) is 15.7. The molecule has 0 fully saturated rings. The average Bonchev–Trinajstić information content (AvgIpc) is 2.71. The van der Waals surface area contributed by atoms with Crippen molar-refractivity contribution in [3.05, 3.63) is 76.9 Å². The summed E-state index contributed by atoms with van der Waals surface area (Å²) < 4.78 is 5.00. The Bertz CT molecular complexity index is 976. The molecule has 2 aromatic carbocycles. The molecule has 0 spiro atoms. The SMILES string of the molecule is CCOC(=O)c1ccccc1NC(=O)c1ccc(Nc2ccc(Cl)cc2)nn1. The number of nitrogens with zero attached hydrogens (tertiary/aromatic N) is 2. The average molecular weight is 397 g/mol. The number of carbonyl (C=O) groups excluding carboxylic acids is 2. The summed E-state index contributed by atoms with van der Waals surface area (Å²) in [6.45, 7) is 1.96. The van der Waals surface area contributed by atoms with E-state index in [0.29, 0.717) is 16.5 Å². The largest absolute Gasteiger partial charge is 0.462 e. The Hall–Kier alpha value is -3.45. The standard InChI is InChI=1S/C20H17ClN4O3/c1-2-28-20(27)15-5-3-4-6-16(15)23-19(26)17-11-12-18(25-24-17)22-14-9-7-13(21)8-10-14/h3-12H,2H2,1H3,(H,22,25)(H,23,26). The molecule has 7 nitrogen and oxygen atoms in total. The number of hydrogen-bond acceptors (Lipinski definition) is 6. The highest BCUT2D eigenvalue weighted by Crippen LogP contribution is 2.19. The van der Waals surface area contributed by atoms with Crippen LogP contribution in [0.4, 0.5) is 17.2 Å². The fourth-order valence-electron chi connectivity index (χ4n) is 2.37. The number of carbonyl (C=O) groups is 2. The molecule has 28 heavy (non-hydrogen) atoms. The first-order valence-electron chi connectivity index (χ1n) is 8.50. The van der Waals surface area contributed by atoms with E-state index in [0.717, 1.165) is 5.69 Å². The molecule has 0 unspecified atom stereocenters. The topological polar surface area (TPSA) is 93.2 Å². The van der Waals surface area contributed by atoms with Crippen molar-refractivity contribution in [3.63, 3.8) is 0 Å². The van der Waals surface area contributed by atoms with Crippen molar-refractivity contribution in [2.75, 3.05) is 17.2 Å². The summed E-state index contributed by atoms with van der Waals surface area (Å²) in [6.07, 6.45) is 0. The maximum Gasteiger partial charge on any atom is 0.340 e. The zero-order chi connectivity index (χ0) is 19.9. The van der Waals surface area contributed by atoms with Gasteiger partial charge in [-0.15, -0.1) is 10.2 Å². The first kappa shape index (κ1) is 19.3. The van der Waals surface area contributed by atoms with Crippen LogP contribution in [0.3, 0.4) is 0 Å². The van der Waals surface area contributed by atoms with E-state index in [2.05, 4.69) is 20.8 Å². The monoisotopic (exact) mass is 396 g/mol. The number of rotatable bonds is 6. The second-order valence-electron chi connectivity index (χ2n) is 5.66. The number of anilines is 3. The number of halogens is 1. The zero-order valence-electron chi connectivity index (χ0n) is 15.0. The summed E-state index contributed by atoms with van der Waals surface area (Å²) in [6, 6.07) is 16.9. The van der Waals surface area contributed by atoms with Gasteiger partial charge in [0, 0.05) is 10.7 Å². The van der Waals surface area contributed by atoms with Gasteiger partial charge in [-0.25, -0.2) is 4.79 Å². The molecule has 3 rings (SSSR count). The first-order valence-corrected chi connectivity index (χ1v) is 8.88. The Morgan fingerprint density at radius 3 is 2.43 bits per heavy atom. The van der Waals surface area contributed by atoms with Crippen LogP contribution in [0.1, 0.15) is 27.8 Å². The van der Waals surface area contributed by atoms with Crippen LogP contribution in [-0.2, 0) is 4.74 Å². The molecule has 8 heteroatoms. The third-order valence-corrected chi connectivity index (χ3v) is 3.94. The highest BCUT2D eigenvalue weighted by molar-refractivity contribution is 6.30. The van der Waals surface area contributed by atoms with Crippen molar-refractivity contribution >= 4 is 40.7 Å². The van der Waals surface area contributed by atoms with Crippen molar-refractivity contribution in [1.82, 2.24) is 10.2 Å². The van der Waals surface area contributed by atoms with Crippen molar-refractivity contribution < 1.29 is 14.3 Å². The maximum atomic E-state index is 12.5. The number of nitrogens with one attached hydrogen (secondary N) is 2. The summed E-state index contributed by atoms with van der Waals surface area (Å²) >= 11 is 5.86. The third-order valence-electron chi connectivity index (χ3n) is 3.68. The lowest BCUT2D eigenvalue weighted by Crippen LogP contribution is -2.17. The van der Waals surface area contributed by atoms with Gasteiger partial charge in [0.2, 0.25) is 0 Å². The lowest BCUT2D eigenvalue weighted by atomic mass is 10.1. The molecule has 0 bridgehead atoms. The van der Waals surface area contributed by atoms with Gasteiger partial charge < -0.3 is 15.4 Å². The van der Waals surface area contributed by atoms with Crippen molar-refractivity contribution in [1.29, 1.82) is 0 Å². The van der Waals surface area contributed by atoms with Crippen molar-refractivity contribution in [2.24, 2.45) is 0 Å². The molecule has 1 amide bonds. The molecule has 0 saturated carbocycles. The van der Waals surface area contributed by atoms with E-state index in [9.17, 15) is 9.59 Å². The normalized spacial score (nSPS) is 10.2. The third kappa shape index (κ3) is 4.83. The highest BCUT2D eigenvalue weighted by Gasteiger charge is 2.15. The summed E-state index contributed by atoms with van der Waals surface area (Å²) in [4.78, 5) is 24.5. The van der Waals surface area contributed by atoms with Gasteiger partial charge in [-0.2, -0.15) is 0 Å². The Balaban J connectivity index is 1.70. The van der Waals surface area contributed by atoms with E-state index in [1.807, 2.05) is 0 Å². The molecule has 1 heterocycles. The fraction of sp³-hybridized carbons (Fsp3) is 0.100. The first-order chi connectivity index (χ1) is 13.6. The lowest BCUT2D eigenvalue weighted by Gasteiger charge is -2.10. The summed E-state index contributed by atoms with van der Waals surface area (Å²) in [5.74, 6) is -0.514. The Labute approximate surface area is 166 Å². The van der Waals surface area contributed by atoms with Crippen LogP contribution in [0.2, 0.25) is 5.02 Å². The molecule has 3 aromatic rings. The van der Waals surface area contributed by atoms with Gasteiger partial charge in [0.15, 0.2) is 11.5 Å². The number of esters is 1. The number of hydrogen-bond donors (Lipinski definition) is 2. The van der Waals surface area contributed by atoms with E-state index >= 15 is 0 Å². The summed E-state index contributed by atoms with van der Waals surface area (Å²) in [7, 11) is 0. The molecule has 0 aliphatic heterocycles. The summed E-state index contributed by atoms with van der Waals surface area (Å²) in [5.41, 5.74) is 1.52. The van der Waals surface area contributed by atoms with E-state index in [1.54, 1.807) is 61.5 Å². The van der Waals surface area contributed by atoms with Gasteiger partial charge >= 0.3 is 5.97 Å². The van der Waals surface area contributed by atoms with Gasteiger partial charge in [0.05, 0.1) is 17.9 Å². The quantitative estimate of drug-likeness (QED) is 0.603. The Morgan fingerprint density at radius 2 is 1.75 bits per heavy atom. The molecule has 0 atom stereocenters. The van der Waals surface area contributed by atoms with Crippen LogP contribution in [0.15, 0.2) is 60.7 Å². The Morgan fingerprint density at radius 1 is 1.00 bits per heavy atom. The predicted molar refractivity (Wildman–Crippen MR) is 107 cm³/mol. The molecule has 0 aliphatic rings. The van der Waals surface area contributed by atoms with Crippen molar-refractivity contribution in [3.8, 4) is 0 Å².